The Morgan fingerprint density at radius 3 is 2.81 bits per heavy atom. The predicted molar refractivity (Wildman–Crippen MR) is 63.0 cm³/mol. The summed E-state index contributed by atoms with van der Waals surface area (Å²) in [6, 6.07) is 5.01. The Hall–Kier alpha value is -1.48. The van der Waals surface area contributed by atoms with Gasteiger partial charge in [-0.25, -0.2) is 4.79 Å². The third-order valence-corrected chi connectivity index (χ3v) is 2.52. The zero-order valence-corrected chi connectivity index (χ0v) is 9.86. The number of allylic oxidation sites excluding steroid dienone is 1. The van der Waals surface area contributed by atoms with Crippen molar-refractivity contribution in [2.24, 2.45) is 0 Å². The monoisotopic (exact) mass is 240 g/mol. The zero-order chi connectivity index (χ0) is 12.1. The first kappa shape index (κ1) is 12.6. The van der Waals surface area contributed by atoms with E-state index in [9.17, 15) is 4.79 Å². The molecule has 0 radical (unpaired) electrons. The molecule has 1 aromatic carbocycles. The van der Waals surface area contributed by atoms with Gasteiger partial charge in [-0.15, -0.1) is 0 Å². The van der Waals surface area contributed by atoms with E-state index in [1.54, 1.807) is 24.3 Å². The molecule has 0 bridgehead atoms. The second-order valence-corrected chi connectivity index (χ2v) is 3.79. The topological polar surface area (TPSA) is 46.5 Å². The van der Waals surface area contributed by atoms with Gasteiger partial charge in [-0.1, -0.05) is 24.6 Å². The van der Waals surface area contributed by atoms with Gasteiger partial charge < -0.3 is 9.84 Å². The molecule has 4 heteroatoms. The third-order valence-electron chi connectivity index (χ3n) is 2.29. The molecule has 0 amide bonds. The first-order valence-corrected chi connectivity index (χ1v) is 5.16. The van der Waals surface area contributed by atoms with Crippen molar-refractivity contribution in [2.45, 2.75) is 12.8 Å². The molecule has 0 saturated carbocycles. The third kappa shape index (κ3) is 2.76. The van der Waals surface area contributed by atoms with Gasteiger partial charge in [0.1, 0.15) is 0 Å². The quantitative estimate of drug-likeness (QED) is 0.651. The highest BCUT2D eigenvalue weighted by Crippen LogP contribution is 2.24. The number of rotatable bonds is 3. The van der Waals surface area contributed by atoms with Crippen molar-refractivity contribution in [2.75, 3.05) is 7.11 Å². The molecule has 0 aliphatic carbocycles. The Bertz CT molecular complexity index is 413. The lowest BCUT2D eigenvalue weighted by atomic mass is 9.96. The predicted octanol–water partition coefficient (Wildman–Crippen LogP) is 3.30. The minimum Gasteiger partial charge on any atom is -0.516 e. The van der Waals surface area contributed by atoms with E-state index in [0.29, 0.717) is 10.6 Å². The van der Waals surface area contributed by atoms with Crippen LogP contribution >= 0.6 is 11.6 Å². The molecule has 1 rings (SSSR count). The van der Waals surface area contributed by atoms with Gasteiger partial charge in [0, 0.05) is 10.9 Å². The van der Waals surface area contributed by atoms with Gasteiger partial charge in [0.05, 0.1) is 18.9 Å². The average molecular weight is 241 g/mol. The molecule has 0 fully saturated rings. The SMILES string of the molecule is COC(=O)c1cc(Cl)ccc1C(C)C=CO. The number of benzene rings is 1. The van der Waals surface area contributed by atoms with Crippen LogP contribution in [0.25, 0.3) is 0 Å². The van der Waals surface area contributed by atoms with Gasteiger partial charge in [-0.2, -0.15) is 0 Å². The Balaban J connectivity index is 3.22. The van der Waals surface area contributed by atoms with Crippen LogP contribution in [0.3, 0.4) is 0 Å². The van der Waals surface area contributed by atoms with Gasteiger partial charge >= 0.3 is 5.97 Å². The van der Waals surface area contributed by atoms with E-state index in [1.807, 2.05) is 6.92 Å². The molecular formula is C12H13ClO3. The highest BCUT2D eigenvalue weighted by Gasteiger charge is 2.15. The molecule has 0 saturated heterocycles. The molecule has 3 nitrogen and oxygen atoms in total. The fourth-order valence-electron chi connectivity index (χ4n) is 1.45. The molecule has 1 N–H and O–H groups in total. The molecule has 86 valence electrons. The van der Waals surface area contributed by atoms with Crippen LogP contribution in [0, 0.1) is 0 Å². The maximum atomic E-state index is 11.5. The largest absolute Gasteiger partial charge is 0.516 e. The van der Waals surface area contributed by atoms with Crippen LogP contribution in [-0.4, -0.2) is 18.2 Å². The number of carbonyl (C=O) groups is 1. The number of aliphatic hydroxyl groups excluding tert-OH is 1. The lowest BCUT2D eigenvalue weighted by molar-refractivity contribution is 0.0599. The van der Waals surface area contributed by atoms with Crippen molar-refractivity contribution < 1.29 is 14.6 Å². The molecular weight excluding hydrogens is 228 g/mol. The maximum Gasteiger partial charge on any atom is 0.338 e. The fraction of sp³-hybridized carbons (Fsp3) is 0.250. The van der Waals surface area contributed by atoms with Gasteiger partial charge in [-0.3, -0.25) is 0 Å². The summed E-state index contributed by atoms with van der Waals surface area (Å²) in [6.07, 6.45) is 2.54. The molecule has 0 aliphatic rings. The normalized spacial score (nSPS) is 12.7. The first-order chi connectivity index (χ1) is 7.60. The van der Waals surface area contributed by atoms with Crippen molar-refractivity contribution in [1.29, 1.82) is 0 Å². The standard InChI is InChI=1S/C12H13ClO3/c1-8(5-6-14)10-4-3-9(13)7-11(10)12(15)16-2/h3-8,14H,1-2H3. The van der Waals surface area contributed by atoms with Crippen molar-refractivity contribution in [3.8, 4) is 0 Å². The minimum absolute atomic E-state index is 0.0867. The van der Waals surface area contributed by atoms with E-state index in [4.69, 9.17) is 16.7 Å². The van der Waals surface area contributed by atoms with E-state index in [0.717, 1.165) is 11.8 Å². The second-order valence-electron chi connectivity index (χ2n) is 3.35. The number of halogens is 1. The molecule has 1 aromatic rings. The number of hydrogen-bond acceptors (Lipinski definition) is 3. The highest BCUT2D eigenvalue weighted by molar-refractivity contribution is 6.31. The summed E-state index contributed by atoms with van der Waals surface area (Å²) in [4.78, 5) is 11.5. The van der Waals surface area contributed by atoms with E-state index in [2.05, 4.69) is 4.74 Å². The summed E-state index contributed by atoms with van der Waals surface area (Å²) < 4.78 is 4.68. The van der Waals surface area contributed by atoms with Crippen LogP contribution in [0.2, 0.25) is 5.02 Å². The smallest absolute Gasteiger partial charge is 0.338 e. The van der Waals surface area contributed by atoms with E-state index in [-0.39, 0.29) is 5.92 Å². The van der Waals surface area contributed by atoms with Crippen LogP contribution in [0.4, 0.5) is 0 Å². The lowest BCUT2D eigenvalue weighted by Gasteiger charge is -2.11. The summed E-state index contributed by atoms with van der Waals surface area (Å²) in [6.45, 7) is 1.86. The van der Waals surface area contributed by atoms with Crippen molar-refractivity contribution in [3.05, 3.63) is 46.7 Å². The summed E-state index contributed by atoms with van der Waals surface area (Å²) in [5, 5.41) is 9.19. The molecule has 0 spiro atoms. The first-order valence-electron chi connectivity index (χ1n) is 4.78. The van der Waals surface area contributed by atoms with Gasteiger partial charge in [0.15, 0.2) is 0 Å². The highest BCUT2D eigenvalue weighted by atomic mass is 35.5. The van der Waals surface area contributed by atoms with Gasteiger partial charge in [0.25, 0.3) is 0 Å². The van der Waals surface area contributed by atoms with Crippen molar-refractivity contribution in [1.82, 2.24) is 0 Å². The molecule has 0 aliphatic heterocycles. The molecule has 1 unspecified atom stereocenters. The van der Waals surface area contributed by atoms with Crippen molar-refractivity contribution >= 4 is 17.6 Å². The Morgan fingerprint density at radius 1 is 1.56 bits per heavy atom. The summed E-state index contributed by atoms with van der Waals surface area (Å²) >= 11 is 5.82. The molecule has 16 heavy (non-hydrogen) atoms. The maximum absolute atomic E-state index is 11.5. The molecule has 0 heterocycles. The number of hydrogen-bond donors (Lipinski definition) is 1. The average Bonchev–Trinajstić information content (AvgIpc) is 2.28. The van der Waals surface area contributed by atoms with Gasteiger partial charge in [-0.05, 0) is 23.8 Å². The summed E-state index contributed by atoms with van der Waals surface area (Å²) in [7, 11) is 1.32. The van der Waals surface area contributed by atoms with Crippen LogP contribution in [-0.2, 0) is 4.74 Å². The van der Waals surface area contributed by atoms with E-state index < -0.39 is 5.97 Å². The Labute approximate surface area is 99.3 Å². The number of esters is 1. The fourth-order valence-corrected chi connectivity index (χ4v) is 1.62. The number of carbonyl (C=O) groups excluding carboxylic acids is 1. The van der Waals surface area contributed by atoms with Crippen molar-refractivity contribution in [3.63, 3.8) is 0 Å². The minimum atomic E-state index is -0.435. The van der Waals surface area contributed by atoms with Crippen LogP contribution < -0.4 is 0 Å². The second kappa shape index (κ2) is 5.56. The molecule has 0 aromatic heterocycles. The van der Waals surface area contributed by atoms with Crippen LogP contribution in [0.5, 0.6) is 0 Å². The summed E-state index contributed by atoms with van der Waals surface area (Å²) in [5.74, 6) is -0.521. The summed E-state index contributed by atoms with van der Waals surface area (Å²) in [5.41, 5.74) is 1.18. The van der Waals surface area contributed by atoms with E-state index >= 15 is 0 Å². The Morgan fingerprint density at radius 2 is 2.25 bits per heavy atom. The molecule has 1 atom stereocenters. The Kier molecular flexibility index (Phi) is 4.38. The zero-order valence-electron chi connectivity index (χ0n) is 9.11. The number of aliphatic hydroxyl groups is 1. The number of ether oxygens (including phenoxy) is 1. The lowest BCUT2D eigenvalue weighted by Crippen LogP contribution is -2.07. The van der Waals surface area contributed by atoms with Crippen LogP contribution in [0.1, 0.15) is 28.8 Å². The van der Waals surface area contributed by atoms with Gasteiger partial charge in [0.2, 0.25) is 0 Å². The number of methoxy groups -OCH3 is 1. The van der Waals surface area contributed by atoms with Crippen LogP contribution in [0.15, 0.2) is 30.5 Å². The van der Waals surface area contributed by atoms with E-state index in [1.165, 1.54) is 7.11 Å².